The first-order chi connectivity index (χ1) is 14.0. The molecule has 0 aliphatic heterocycles. The summed E-state index contributed by atoms with van der Waals surface area (Å²) in [6.07, 6.45) is 2.61. The van der Waals surface area contributed by atoms with E-state index in [2.05, 4.69) is 20.6 Å². The molecule has 0 unspecified atom stereocenters. The molecule has 0 atom stereocenters. The van der Waals surface area contributed by atoms with E-state index in [4.69, 9.17) is 9.47 Å². The Morgan fingerprint density at radius 3 is 2.79 bits per heavy atom. The summed E-state index contributed by atoms with van der Waals surface area (Å²) in [5.41, 5.74) is 2.02. The van der Waals surface area contributed by atoms with Gasteiger partial charge in [0.25, 0.3) is 0 Å². The number of rotatable bonds is 11. The number of alkyl halides is 2. The number of ether oxygens (including phenoxy) is 2. The van der Waals surface area contributed by atoms with E-state index in [0.717, 1.165) is 21.4 Å². The van der Waals surface area contributed by atoms with Gasteiger partial charge in [-0.1, -0.05) is 12.1 Å². The molecule has 0 fully saturated rings. The van der Waals surface area contributed by atoms with Crippen LogP contribution in [0.4, 0.5) is 8.78 Å². The van der Waals surface area contributed by atoms with Crippen molar-refractivity contribution in [1.29, 1.82) is 0 Å². The molecule has 0 aliphatic carbocycles. The Hall–Kier alpha value is -2.68. The standard InChI is InChI=1S/C20H29F2N5O2/c1-4-23-20(26-14-18-24-8-9-27(18)19(21)22)25-13-16-7-6-15(3)12-17(16)29-11-10-28-5-2/h6-9,12,19H,4-5,10-11,13-14H2,1-3H3,(H2,23,25,26). The Bertz CT molecular complexity index is 780. The fourth-order valence-corrected chi connectivity index (χ4v) is 2.61. The van der Waals surface area contributed by atoms with E-state index >= 15 is 0 Å². The molecular formula is C20H29F2N5O2. The highest BCUT2D eigenvalue weighted by Gasteiger charge is 2.12. The van der Waals surface area contributed by atoms with Crippen molar-refractivity contribution in [2.75, 3.05) is 26.4 Å². The Morgan fingerprint density at radius 2 is 2.07 bits per heavy atom. The highest BCUT2D eigenvalue weighted by Crippen LogP contribution is 2.21. The quantitative estimate of drug-likeness (QED) is 0.339. The van der Waals surface area contributed by atoms with Crippen LogP contribution in [-0.4, -0.2) is 41.9 Å². The van der Waals surface area contributed by atoms with Gasteiger partial charge in [-0.3, -0.25) is 4.57 Å². The molecule has 29 heavy (non-hydrogen) atoms. The normalized spacial score (nSPS) is 11.7. The summed E-state index contributed by atoms with van der Waals surface area (Å²) in [6.45, 7) is 6.03. The number of aryl methyl sites for hydroxylation is 1. The molecule has 2 rings (SSSR count). The van der Waals surface area contributed by atoms with Crippen LogP contribution in [0.2, 0.25) is 0 Å². The summed E-state index contributed by atoms with van der Waals surface area (Å²) in [5.74, 6) is 1.51. The lowest BCUT2D eigenvalue weighted by Gasteiger charge is -2.14. The van der Waals surface area contributed by atoms with E-state index in [9.17, 15) is 8.78 Å². The van der Waals surface area contributed by atoms with Gasteiger partial charge < -0.3 is 20.1 Å². The van der Waals surface area contributed by atoms with Crippen LogP contribution >= 0.6 is 0 Å². The average Bonchev–Trinajstić information content (AvgIpc) is 3.17. The lowest BCUT2D eigenvalue weighted by molar-refractivity contribution is 0.0668. The predicted molar refractivity (Wildman–Crippen MR) is 108 cm³/mol. The van der Waals surface area contributed by atoms with E-state index in [0.29, 0.717) is 38.9 Å². The number of aliphatic imine (C=N–C) groups is 1. The van der Waals surface area contributed by atoms with Gasteiger partial charge in [-0.2, -0.15) is 8.78 Å². The molecule has 1 aromatic carbocycles. The van der Waals surface area contributed by atoms with Crippen molar-refractivity contribution in [3.63, 3.8) is 0 Å². The maximum atomic E-state index is 13.0. The second-order valence-electron chi connectivity index (χ2n) is 6.23. The van der Waals surface area contributed by atoms with E-state index in [1.165, 1.54) is 12.4 Å². The molecule has 7 nitrogen and oxygen atoms in total. The Morgan fingerprint density at radius 1 is 1.24 bits per heavy atom. The molecule has 1 aromatic heterocycles. The van der Waals surface area contributed by atoms with Gasteiger partial charge in [0.1, 0.15) is 18.2 Å². The van der Waals surface area contributed by atoms with Crippen LogP contribution in [0.1, 0.15) is 37.3 Å². The third-order valence-electron chi connectivity index (χ3n) is 4.04. The van der Waals surface area contributed by atoms with Gasteiger partial charge in [0, 0.05) is 31.1 Å². The molecule has 2 aromatic rings. The highest BCUT2D eigenvalue weighted by molar-refractivity contribution is 5.79. The maximum Gasteiger partial charge on any atom is 0.319 e. The van der Waals surface area contributed by atoms with Gasteiger partial charge in [-0.05, 0) is 32.4 Å². The third-order valence-corrected chi connectivity index (χ3v) is 4.04. The van der Waals surface area contributed by atoms with Crippen LogP contribution in [0.15, 0.2) is 35.6 Å². The SMILES string of the molecule is CCNC(=NCc1ccc(C)cc1OCCOCC)NCc1nccn1C(F)F. The fourth-order valence-electron chi connectivity index (χ4n) is 2.61. The van der Waals surface area contributed by atoms with Crippen LogP contribution in [0.5, 0.6) is 5.75 Å². The van der Waals surface area contributed by atoms with Crippen molar-refractivity contribution >= 4 is 5.96 Å². The van der Waals surface area contributed by atoms with Gasteiger partial charge in [0.05, 0.1) is 19.7 Å². The van der Waals surface area contributed by atoms with Crippen molar-refractivity contribution < 1.29 is 18.3 Å². The van der Waals surface area contributed by atoms with Gasteiger partial charge in [-0.25, -0.2) is 9.98 Å². The molecule has 0 saturated heterocycles. The molecule has 0 amide bonds. The number of benzene rings is 1. The van der Waals surface area contributed by atoms with Crippen LogP contribution in [0.3, 0.4) is 0 Å². The zero-order chi connectivity index (χ0) is 21.1. The molecule has 160 valence electrons. The monoisotopic (exact) mass is 409 g/mol. The van der Waals surface area contributed by atoms with Crippen molar-refractivity contribution in [2.24, 2.45) is 4.99 Å². The van der Waals surface area contributed by atoms with Gasteiger partial charge in [0.15, 0.2) is 5.96 Å². The molecule has 0 spiro atoms. The molecule has 0 radical (unpaired) electrons. The molecule has 9 heteroatoms. The first-order valence-corrected chi connectivity index (χ1v) is 9.67. The van der Waals surface area contributed by atoms with E-state index < -0.39 is 6.55 Å². The summed E-state index contributed by atoms with van der Waals surface area (Å²) in [5, 5.41) is 6.15. The number of hydrogen-bond acceptors (Lipinski definition) is 4. The topological polar surface area (TPSA) is 72.7 Å². The lowest BCUT2D eigenvalue weighted by Crippen LogP contribution is -2.37. The van der Waals surface area contributed by atoms with E-state index in [-0.39, 0.29) is 12.4 Å². The van der Waals surface area contributed by atoms with Crippen LogP contribution in [-0.2, 0) is 17.8 Å². The molecule has 0 saturated carbocycles. The minimum Gasteiger partial charge on any atom is -0.491 e. The Balaban J connectivity index is 2.04. The van der Waals surface area contributed by atoms with Crippen LogP contribution in [0, 0.1) is 6.92 Å². The molecule has 2 N–H and O–H groups in total. The average molecular weight is 409 g/mol. The second kappa shape index (κ2) is 12.0. The van der Waals surface area contributed by atoms with Crippen molar-refractivity contribution in [3.05, 3.63) is 47.5 Å². The van der Waals surface area contributed by atoms with Crippen LogP contribution < -0.4 is 15.4 Å². The van der Waals surface area contributed by atoms with Gasteiger partial charge in [-0.15, -0.1) is 0 Å². The van der Waals surface area contributed by atoms with Crippen LogP contribution in [0.25, 0.3) is 0 Å². The summed E-state index contributed by atoms with van der Waals surface area (Å²) < 4.78 is 37.9. The van der Waals surface area contributed by atoms with Crippen molar-refractivity contribution in [3.8, 4) is 5.75 Å². The van der Waals surface area contributed by atoms with Gasteiger partial charge >= 0.3 is 6.55 Å². The number of halogens is 2. The highest BCUT2D eigenvalue weighted by atomic mass is 19.3. The first-order valence-electron chi connectivity index (χ1n) is 9.67. The Kier molecular flexibility index (Phi) is 9.36. The number of nitrogens with zero attached hydrogens (tertiary/aromatic N) is 3. The first kappa shape index (κ1) is 22.6. The fraction of sp³-hybridized carbons (Fsp3) is 0.500. The van der Waals surface area contributed by atoms with E-state index in [1.807, 2.05) is 39.0 Å². The number of aromatic nitrogens is 2. The molecule has 0 bridgehead atoms. The largest absolute Gasteiger partial charge is 0.491 e. The van der Waals surface area contributed by atoms with Gasteiger partial charge in [0.2, 0.25) is 0 Å². The zero-order valence-corrected chi connectivity index (χ0v) is 17.1. The maximum absolute atomic E-state index is 13.0. The summed E-state index contributed by atoms with van der Waals surface area (Å²) in [6, 6.07) is 5.94. The summed E-state index contributed by atoms with van der Waals surface area (Å²) in [7, 11) is 0. The predicted octanol–water partition coefficient (Wildman–Crippen LogP) is 3.26. The summed E-state index contributed by atoms with van der Waals surface area (Å²) >= 11 is 0. The number of guanidine groups is 1. The second-order valence-corrected chi connectivity index (χ2v) is 6.23. The molecular weight excluding hydrogens is 380 g/mol. The molecule has 1 heterocycles. The smallest absolute Gasteiger partial charge is 0.319 e. The molecule has 0 aliphatic rings. The Labute approximate surface area is 170 Å². The minimum absolute atomic E-state index is 0.134. The zero-order valence-electron chi connectivity index (χ0n) is 17.1. The minimum atomic E-state index is -2.63. The van der Waals surface area contributed by atoms with E-state index in [1.54, 1.807) is 0 Å². The van der Waals surface area contributed by atoms with Crippen molar-refractivity contribution in [1.82, 2.24) is 20.2 Å². The number of hydrogen-bond donors (Lipinski definition) is 2. The number of nitrogens with one attached hydrogen (secondary N) is 2. The summed E-state index contributed by atoms with van der Waals surface area (Å²) in [4.78, 5) is 8.52. The number of imidazole rings is 1. The third kappa shape index (κ3) is 7.34. The lowest BCUT2D eigenvalue weighted by atomic mass is 10.1. The van der Waals surface area contributed by atoms with Crippen molar-refractivity contribution in [2.45, 2.75) is 40.4 Å².